The van der Waals surface area contributed by atoms with Crippen LogP contribution in [0.1, 0.15) is 12.8 Å². The summed E-state index contributed by atoms with van der Waals surface area (Å²) in [5.41, 5.74) is 0. The number of nitrogens with one attached hydrogen (secondary N) is 2. The highest BCUT2D eigenvalue weighted by Gasteiger charge is 2.23. The number of hydrogen-bond acceptors (Lipinski definition) is 3. The standard InChI is InChI=1S/C11H14Br2N2O2S/c12-8-1-2-10(13)11(7-8)18(16,17)15-9-3-5-14-6-4-9/h1-2,7,9,14-15H,3-6H2. The van der Waals surface area contributed by atoms with Crippen molar-refractivity contribution >= 4 is 41.9 Å². The summed E-state index contributed by atoms with van der Waals surface area (Å²) >= 11 is 6.57. The van der Waals surface area contributed by atoms with Crippen molar-refractivity contribution in [2.45, 2.75) is 23.8 Å². The average molecular weight is 398 g/mol. The minimum atomic E-state index is -3.47. The zero-order valence-electron chi connectivity index (χ0n) is 9.62. The maximum absolute atomic E-state index is 12.3. The third kappa shape index (κ3) is 3.54. The monoisotopic (exact) mass is 396 g/mol. The lowest BCUT2D eigenvalue weighted by atomic mass is 10.1. The predicted molar refractivity (Wildman–Crippen MR) is 78.1 cm³/mol. The molecule has 0 unspecified atom stereocenters. The minimum Gasteiger partial charge on any atom is -0.317 e. The molecule has 100 valence electrons. The summed E-state index contributed by atoms with van der Waals surface area (Å²) in [5, 5.41) is 3.21. The molecule has 0 radical (unpaired) electrons. The van der Waals surface area contributed by atoms with E-state index >= 15 is 0 Å². The van der Waals surface area contributed by atoms with E-state index in [4.69, 9.17) is 0 Å². The molecular weight excluding hydrogens is 384 g/mol. The third-order valence-corrected chi connectivity index (χ3v) is 5.85. The van der Waals surface area contributed by atoms with Gasteiger partial charge in [0.15, 0.2) is 0 Å². The van der Waals surface area contributed by atoms with Gasteiger partial charge in [-0.2, -0.15) is 0 Å². The van der Waals surface area contributed by atoms with Crippen LogP contribution in [0.3, 0.4) is 0 Å². The fraction of sp³-hybridized carbons (Fsp3) is 0.455. The first-order valence-electron chi connectivity index (χ1n) is 5.67. The van der Waals surface area contributed by atoms with E-state index < -0.39 is 10.0 Å². The van der Waals surface area contributed by atoms with Gasteiger partial charge in [-0.1, -0.05) is 15.9 Å². The van der Waals surface area contributed by atoms with E-state index in [0.717, 1.165) is 30.4 Å². The van der Waals surface area contributed by atoms with Gasteiger partial charge in [-0.3, -0.25) is 0 Å². The van der Waals surface area contributed by atoms with Crippen LogP contribution in [-0.4, -0.2) is 27.5 Å². The molecule has 1 fully saturated rings. The molecule has 1 aliphatic heterocycles. The fourth-order valence-corrected chi connectivity index (χ4v) is 4.71. The molecule has 0 atom stereocenters. The first-order chi connectivity index (χ1) is 8.49. The Labute approximate surface area is 124 Å². The lowest BCUT2D eigenvalue weighted by Gasteiger charge is -2.23. The maximum atomic E-state index is 12.3. The van der Waals surface area contributed by atoms with E-state index in [1.54, 1.807) is 18.2 Å². The van der Waals surface area contributed by atoms with E-state index in [2.05, 4.69) is 41.9 Å². The Hall–Kier alpha value is 0.0500. The molecule has 7 heteroatoms. The summed E-state index contributed by atoms with van der Waals surface area (Å²) in [6, 6.07) is 5.14. The Bertz CT molecular complexity index is 528. The Morgan fingerprint density at radius 3 is 2.56 bits per heavy atom. The average Bonchev–Trinajstić information content (AvgIpc) is 2.33. The lowest BCUT2D eigenvalue weighted by molar-refractivity contribution is 0.427. The largest absolute Gasteiger partial charge is 0.317 e. The second-order valence-electron chi connectivity index (χ2n) is 4.22. The van der Waals surface area contributed by atoms with Crippen LogP contribution in [-0.2, 0) is 10.0 Å². The van der Waals surface area contributed by atoms with Gasteiger partial charge < -0.3 is 5.32 Å². The molecule has 0 saturated carbocycles. The van der Waals surface area contributed by atoms with Crippen LogP contribution in [0.5, 0.6) is 0 Å². The van der Waals surface area contributed by atoms with E-state index in [1.165, 1.54) is 0 Å². The molecule has 1 saturated heterocycles. The molecule has 2 rings (SSSR count). The van der Waals surface area contributed by atoms with Crippen LogP contribution >= 0.6 is 31.9 Å². The Morgan fingerprint density at radius 1 is 1.22 bits per heavy atom. The van der Waals surface area contributed by atoms with E-state index in [1.807, 2.05) is 0 Å². The predicted octanol–water partition coefficient (Wildman–Crippen LogP) is 2.24. The molecule has 18 heavy (non-hydrogen) atoms. The third-order valence-electron chi connectivity index (χ3n) is 2.84. The van der Waals surface area contributed by atoms with Crippen molar-refractivity contribution in [3.63, 3.8) is 0 Å². The molecule has 1 aromatic carbocycles. The number of sulfonamides is 1. The summed E-state index contributed by atoms with van der Waals surface area (Å²) in [7, 11) is -3.47. The summed E-state index contributed by atoms with van der Waals surface area (Å²) < 4.78 is 28.7. The van der Waals surface area contributed by atoms with Gasteiger partial charge in [-0.25, -0.2) is 13.1 Å². The highest BCUT2D eigenvalue weighted by Crippen LogP contribution is 2.26. The van der Waals surface area contributed by atoms with Crippen molar-refractivity contribution in [3.05, 3.63) is 27.1 Å². The van der Waals surface area contributed by atoms with E-state index in [9.17, 15) is 8.42 Å². The second kappa shape index (κ2) is 6.00. The fourth-order valence-electron chi connectivity index (χ4n) is 1.91. The lowest BCUT2D eigenvalue weighted by Crippen LogP contribution is -2.42. The summed E-state index contributed by atoms with van der Waals surface area (Å²) in [6.45, 7) is 1.71. The summed E-state index contributed by atoms with van der Waals surface area (Å²) in [4.78, 5) is 0.274. The summed E-state index contributed by atoms with van der Waals surface area (Å²) in [6.07, 6.45) is 1.65. The smallest absolute Gasteiger partial charge is 0.241 e. The van der Waals surface area contributed by atoms with Crippen molar-refractivity contribution in [1.29, 1.82) is 0 Å². The number of benzene rings is 1. The molecule has 0 aliphatic carbocycles. The van der Waals surface area contributed by atoms with Gasteiger partial charge in [0.25, 0.3) is 0 Å². The quantitative estimate of drug-likeness (QED) is 0.822. The Kier molecular flexibility index (Phi) is 4.82. The van der Waals surface area contributed by atoms with Crippen LogP contribution < -0.4 is 10.0 Å². The van der Waals surface area contributed by atoms with Crippen LogP contribution in [0.2, 0.25) is 0 Å². The number of hydrogen-bond donors (Lipinski definition) is 2. The van der Waals surface area contributed by atoms with Crippen LogP contribution in [0.25, 0.3) is 0 Å². The van der Waals surface area contributed by atoms with Crippen LogP contribution in [0.15, 0.2) is 32.0 Å². The number of piperidine rings is 1. The molecule has 0 spiro atoms. The molecular formula is C11H14Br2N2O2S. The Balaban J connectivity index is 2.21. The van der Waals surface area contributed by atoms with Gasteiger partial charge in [0, 0.05) is 15.0 Å². The van der Waals surface area contributed by atoms with Gasteiger partial charge in [-0.15, -0.1) is 0 Å². The molecule has 2 N–H and O–H groups in total. The van der Waals surface area contributed by atoms with Crippen LogP contribution in [0.4, 0.5) is 0 Å². The molecule has 4 nitrogen and oxygen atoms in total. The Morgan fingerprint density at radius 2 is 1.89 bits per heavy atom. The van der Waals surface area contributed by atoms with Crippen molar-refractivity contribution in [2.24, 2.45) is 0 Å². The summed E-state index contributed by atoms with van der Waals surface area (Å²) in [5.74, 6) is 0. The van der Waals surface area contributed by atoms with E-state index in [-0.39, 0.29) is 10.9 Å². The zero-order chi connectivity index (χ0) is 13.2. The molecule has 0 bridgehead atoms. The van der Waals surface area contributed by atoms with Gasteiger partial charge >= 0.3 is 0 Å². The molecule has 0 aromatic heterocycles. The number of halogens is 2. The topological polar surface area (TPSA) is 58.2 Å². The van der Waals surface area contributed by atoms with Crippen LogP contribution in [0, 0.1) is 0 Å². The SMILES string of the molecule is O=S(=O)(NC1CCNCC1)c1cc(Br)ccc1Br. The van der Waals surface area contributed by atoms with Gasteiger partial charge in [-0.05, 0) is 60.1 Å². The van der Waals surface area contributed by atoms with Crippen molar-refractivity contribution < 1.29 is 8.42 Å². The van der Waals surface area contributed by atoms with Gasteiger partial charge in [0.05, 0.1) is 4.90 Å². The second-order valence-corrected chi connectivity index (χ2v) is 7.67. The molecule has 0 amide bonds. The van der Waals surface area contributed by atoms with Gasteiger partial charge in [0.2, 0.25) is 10.0 Å². The zero-order valence-corrected chi connectivity index (χ0v) is 13.6. The highest BCUT2D eigenvalue weighted by molar-refractivity contribution is 9.11. The van der Waals surface area contributed by atoms with Gasteiger partial charge in [0.1, 0.15) is 0 Å². The molecule has 1 aromatic rings. The minimum absolute atomic E-state index is 0.0159. The highest BCUT2D eigenvalue weighted by atomic mass is 79.9. The first kappa shape index (κ1) is 14.5. The molecule has 1 heterocycles. The molecule has 1 aliphatic rings. The van der Waals surface area contributed by atoms with E-state index in [0.29, 0.717) is 4.47 Å². The number of rotatable bonds is 3. The first-order valence-corrected chi connectivity index (χ1v) is 8.74. The van der Waals surface area contributed by atoms with Crippen molar-refractivity contribution in [1.82, 2.24) is 10.0 Å². The van der Waals surface area contributed by atoms with Crippen molar-refractivity contribution in [3.8, 4) is 0 Å². The normalized spacial score (nSPS) is 17.9. The van der Waals surface area contributed by atoms with Crippen molar-refractivity contribution in [2.75, 3.05) is 13.1 Å². The maximum Gasteiger partial charge on any atom is 0.241 e.